The van der Waals surface area contributed by atoms with Crippen LogP contribution in [0.15, 0.2) is 97.2 Å². The van der Waals surface area contributed by atoms with E-state index >= 15 is 0 Å². The van der Waals surface area contributed by atoms with Crippen LogP contribution in [0.4, 0.5) is 0 Å². The van der Waals surface area contributed by atoms with Gasteiger partial charge in [-0.15, -0.1) is 0 Å². The third-order valence-electron chi connectivity index (χ3n) is 13.5. The highest BCUT2D eigenvalue weighted by atomic mass is 16.6. The first-order valence-corrected chi connectivity index (χ1v) is 31.7. The topological polar surface area (TPSA) is 78.9 Å². The molecule has 0 saturated heterocycles. The number of carbonyl (C=O) groups excluding carboxylic acids is 3. The quantitative estimate of drug-likeness (QED) is 0.0261. The molecule has 0 amide bonds. The van der Waals surface area contributed by atoms with E-state index in [9.17, 15) is 14.4 Å². The number of allylic oxidation sites excluding steroid dienone is 16. The molecule has 0 saturated carbocycles. The first-order valence-electron chi connectivity index (χ1n) is 31.7. The predicted octanol–water partition coefficient (Wildman–Crippen LogP) is 21.7. The minimum Gasteiger partial charge on any atom is -0.462 e. The second kappa shape index (κ2) is 62.9. The summed E-state index contributed by atoms with van der Waals surface area (Å²) in [5.74, 6) is -0.918. The van der Waals surface area contributed by atoms with Gasteiger partial charge in [0.15, 0.2) is 6.10 Å². The van der Waals surface area contributed by atoms with Crippen molar-refractivity contribution in [2.75, 3.05) is 13.2 Å². The van der Waals surface area contributed by atoms with Gasteiger partial charge in [-0.05, 0) is 122 Å². The molecule has 6 nitrogen and oxygen atoms in total. The molecule has 75 heavy (non-hydrogen) atoms. The van der Waals surface area contributed by atoms with E-state index in [1.807, 2.05) is 0 Å². The van der Waals surface area contributed by atoms with Gasteiger partial charge >= 0.3 is 17.9 Å². The van der Waals surface area contributed by atoms with Crippen molar-refractivity contribution >= 4 is 17.9 Å². The molecule has 0 aliphatic carbocycles. The fourth-order valence-corrected chi connectivity index (χ4v) is 8.79. The molecule has 0 spiro atoms. The van der Waals surface area contributed by atoms with Gasteiger partial charge < -0.3 is 14.2 Å². The van der Waals surface area contributed by atoms with Crippen LogP contribution in [0.5, 0.6) is 0 Å². The van der Waals surface area contributed by atoms with Gasteiger partial charge in [0.2, 0.25) is 0 Å². The van der Waals surface area contributed by atoms with E-state index in [2.05, 4.69) is 118 Å². The van der Waals surface area contributed by atoms with E-state index in [0.29, 0.717) is 19.3 Å². The molecule has 6 heteroatoms. The Morgan fingerprint density at radius 3 is 0.840 bits per heavy atom. The molecular formula is C69H118O6. The van der Waals surface area contributed by atoms with Gasteiger partial charge in [0.25, 0.3) is 0 Å². The second-order valence-electron chi connectivity index (χ2n) is 20.9. The molecule has 1 unspecified atom stereocenters. The van der Waals surface area contributed by atoms with Gasteiger partial charge in [-0.25, -0.2) is 0 Å². The Hall–Kier alpha value is -3.67. The molecule has 0 heterocycles. The number of hydrogen-bond acceptors (Lipinski definition) is 6. The summed E-state index contributed by atoms with van der Waals surface area (Å²) in [5.41, 5.74) is 0. The monoisotopic (exact) mass is 1040 g/mol. The summed E-state index contributed by atoms with van der Waals surface area (Å²) in [5, 5.41) is 0. The molecule has 0 aliphatic rings. The van der Waals surface area contributed by atoms with E-state index in [4.69, 9.17) is 14.2 Å². The largest absolute Gasteiger partial charge is 0.462 e. The lowest BCUT2D eigenvalue weighted by Gasteiger charge is -2.18. The van der Waals surface area contributed by atoms with Gasteiger partial charge in [0.05, 0.1) is 0 Å². The Balaban J connectivity index is 4.31. The molecule has 0 aromatic heterocycles. The number of esters is 3. The fraction of sp³-hybridized carbons (Fsp3) is 0.725. The maximum absolute atomic E-state index is 12.9. The van der Waals surface area contributed by atoms with Crippen molar-refractivity contribution in [3.63, 3.8) is 0 Å². The molecule has 430 valence electrons. The summed E-state index contributed by atoms with van der Waals surface area (Å²) in [4.78, 5) is 38.3. The van der Waals surface area contributed by atoms with Crippen molar-refractivity contribution in [3.8, 4) is 0 Å². The minimum absolute atomic E-state index is 0.0907. The van der Waals surface area contributed by atoms with Crippen LogP contribution in [0.1, 0.15) is 303 Å². The lowest BCUT2D eigenvalue weighted by molar-refractivity contribution is -0.167. The lowest BCUT2D eigenvalue weighted by Crippen LogP contribution is -2.30. The lowest BCUT2D eigenvalue weighted by atomic mass is 10.0. The van der Waals surface area contributed by atoms with Crippen molar-refractivity contribution in [2.24, 2.45) is 0 Å². The fourth-order valence-electron chi connectivity index (χ4n) is 8.79. The Morgan fingerprint density at radius 2 is 0.520 bits per heavy atom. The van der Waals surface area contributed by atoms with Crippen molar-refractivity contribution in [2.45, 2.75) is 309 Å². The summed E-state index contributed by atoms with van der Waals surface area (Å²) in [6.45, 7) is 6.49. The normalized spacial score (nSPS) is 12.7. The van der Waals surface area contributed by atoms with Crippen molar-refractivity contribution in [1.29, 1.82) is 0 Å². The van der Waals surface area contributed by atoms with Crippen LogP contribution in [0.25, 0.3) is 0 Å². The highest BCUT2D eigenvalue weighted by Gasteiger charge is 2.19. The highest BCUT2D eigenvalue weighted by molar-refractivity contribution is 5.71. The molecule has 0 rings (SSSR count). The first-order chi connectivity index (χ1) is 37.0. The summed E-state index contributed by atoms with van der Waals surface area (Å²) in [6, 6.07) is 0. The number of hydrogen-bond donors (Lipinski definition) is 0. The number of carbonyl (C=O) groups is 3. The van der Waals surface area contributed by atoms with Crippen LogP contribution >= 0.6 is 0 Å². The third-order valence-corrected chi connectivity index (χ3v) is 13.5. The first kappa shape index (κ1) is 71.3. The standard InChI is InChI=1S/C69H118O6/c1-4-7-10-13-16-19-22-25-27-29-30-31-32-33-34-35-36-37-38-40-41-44-47-50-53-56-59-62-68(71)74-65-66(64-73-67(70)61-58-55-52-49-46-43-24-21-18-15-12-9-6-3)75-69(72)63-60-57-54-51-48-45-42-39-28-26-23-20-17-14-11-8-5-2/h8,11,17,20-22,24-26,28-30,32-33,42,45,66H,4-7,9-10,12-16,18-19,23,27,31,34-41,43-44,46-65H2,1-3H3/b11-8-,20-17-,24-21-,25-22-,28-26-,30-29-,33-32-,45-42-. The van der Waals surface area contributed by atoms with Gasteiger partial charge in [-0.1, -0.05) is 259 Å². The average molecular weight is 1040 g/mol. The Labute approximate surface area is 464 Å². The number of unbranched alkanes of at least 4 members (excludes halogenated alkanes) is 30. The van der Waals surface area contributed by atoms with E-state index in [1.54, 1.807) is 0 Å². The van der Waals surface area contributed by atoms with E-state index in [-0.39, 0.29) is 31.1 Å². The Bertz CT molecular complexity index is 1480. The van der Waals surface area contributed by atoms with Crippen LogP contribution in [0.3, 0.4) is 0 Å². The van der Waals surface area contributed by atoms with Crippen LogP contribution in [-0.2, 0) is 28.6 Å². The third kappa shape index (κ3) is 61.1. The van der Waals surface area contributed by atoms with E-state index < -0.39 is 6.10 Å². The molecular weight excluding hydrogens is 925 g/mol. The van der Waals surface area contributed by atoms with Gasteiger partial charge in [-0.3, -0.25) is 14.4 Å². The van der Waals surface area contributed by atoms with Crippen LogP contribution < -0.4 is 0 Å². The van der Waals surface area contributed by atoms with Crippen LogP contribution in [0.2, 0.25) is 0 Å². The molecule has 0 aliphatic heterocycles. The number of ether oxygens (including phenoxy) is 3. The van der Waals surface area contributed by atoms with Gasteiger partial charge in [-0.2, -0.15) is 0 Å². The summed E-state index contributed by atoms with van der Waals surface area (Å²) in [6.07, 6.45) is 84.1. The summed E-state index contributed by atoms with van der Waals surface area (Å²) >= 11 is 0. The molecule has 0 fully saturated rings. The molecule has 0 radical (unpaired) electrons. The zero-order valence-electron chi connectivity index (χ0n) is 49.3. The molecule has 0 aromatic rings. The second-order valence-corrected chi connectivity index (χ2v) is 20.9. The maximum Gasteiger partial charge on any atom is 0.306 e. The highest BCUT2D eigenvalue weighted by Crippen LogP contribution is 2.16. The Kier molecular flexibility index (Phi) is 59.8. The molecule has 0 bridgehead atoms. The minimum atomic E-state index is -0.796. The molecule has 1 atom stereocenters. The maximum atomic E-state index is 12.9. The summed E-state index contributed by atoms with van der Waals surface area (Å²) in [7, 11) is 0. The predicted molar refractivity (Wildman–Crippen MR) is 325 cm³/mol. The zero-order chi connectivity index (χ0) is 54.3. The number of rotatable bonds is 57. The zero-order valence-corrected chi connectivity index (χ0v) is 49.3. The van der Waals surface area contributed by atoms with Crippen molar-refractivity contribution < 1.29 is 28.6 Å². The smallest absolute Gasteiger partial charge is 0.306 e. The molecule has 0 aromatic carbocycles. The van der Waals surface area contributed by atoms with Crippen molar-refractivity contribution in [1.82, 2.24) is 0 Å². The van der Waals surface area contributed by atoms with Crippen LogP contribution in [-0.4, -0.2) is 37.2 Å². The van der Waals surface area contributed by atoms with Gasteiger partial charge in [0.1, 0.15) is 13.2 Å². The summed E-state index contributed by atoms with van der Waals surface area (Å²) < 4.78 is 16.9. The van der Waals surface area contributed by atoms with E-state index in [1.165, 1.54) is 148 Å². The average Bonchev–Trinajstić information content (AvgIpc) is 3.41. The SMILES string of the molecule is CC/C=C\C/C=C\C/C=C\C/C=C\CCCCCCC(=O)OC(COC(=O)CCCCCCC/C=C\CCCCCC)COC(=O)CCCCCCCCCCCCCC/C=C\C/C=C\C/C=C\CCCCCCC. The van der Waals surface area contributed by atoms with E-state index in [0.717, 1.165) is 116 Å². The van der Waals surface area contributed by atoms with Gasteiger partial charge in [0, 0.05) is 19.3 Å². The van der Waals surface area contributed by atoms with Crippen molar-refractivity contribution in [3.05, 3.63) is 97.2 Å². The molecule has 0 N–H and O–H groups in total. The van der Waals surface area contributed by atoms with Crippen LogP contribution in [0, 0.1) is 0 Å². The Morgan fingerprint density at radius 1 is 0.280 bits per heavy atom.